The average molecular weight is 388 g/mol. The quantitative estimate of drug-likeness (QED) is 0.421. The molecule has 0 heterocycles. The van der Waals surface area contributed by atoms with Gasteiger partial charge in [-0.15, -0.1) is 0 Å². The van der Waals surface area contributed by atoms with Gasteiger partial charge in [0.25, 0.3) is 0 Å². The molecule has 0 radical (unpaired) electrons. The predicted octanol–water partition coefficient (Wildman–Crippen LogP) is -0.809. The van der Waals surface area contributed by atoms with E-state index < -0.39 is 10.4 Å². The largest absolute Gasteiger partial charge is 2.00 e. The van der Waals surface area contributed by atoms with Crippen LogP contribution in [0.1, 0.15) is 2.85 Å². The van der Waals surface area contributed by atoms with Gasteiger partial charge in [-0.05, 0) is 0 Å². The molecule has 4 nitrogen and oxygen atoms in total. The van der Waals surface area contributed by atoms with Crippen molar-refractivity contribution in [2.75, 3.05) is 0 Å². The zero-order valence-electron chi connectivity index (χ0n) is 5.23. The standard InChI is InChI=1S/Ba.H2O4S.Sm.2H/c;1-5(2,3)4;;;/h;(H2,1,2,3,4);;;/q+2;;;2*-1. The van der Waals surface area contributed by atoms with Crippen LogP contribution in [0.15, 0.2) is 0 Å². The SMILES string of the molecule is O=S(=O)(O)O.[Ba+2].[H-].[H-].[Sm]. The van der Waals surface area contributed by atoms with Crippen molar-refractivity contribution in [2.45, 2.75) is 0 Å². The fourth-order valence-corrected chi connectivity index (χ4v) is 0. The van der Waals surface area contributed by atoms with Crippen LogP contribution in [0.5, 0.6) is 0 Å². The predicted molar refractivity (Wildman–Crippen MR) is 22.2 cm³/mol. The molecule has 7 heteroatoms. The Hall–Kier alpha value is 2.78. The average Bonchev–Trinajstić information content (AvgIpc) is 0.722. The molecule has 2 N–H and O–H groups in total. The summed E-state index contributed by atoms with van der Waals surface area (Å²) in [6.07, 6.45) is 0. The maximum atomic E-state index is 8.74. The molecular formula is H4BaO4SSm. The molecule has 0 saturated carbocycles. The first-order chi connectivity index (χ1) is 2.00. The van der Waals surface area contributed by atoms with E-state index >= 15 is 0 Å². The molecule has 42 valence electrons. The molecule has 0 aliphatic rings. The molecule has 0 bridgehead atoms. The Bertz CT molecular complexity index is 102. The summed E-state index contributed by atoms with van der Waals surface area (Å²) in [5.74, 6) is 0. The fraction of sp³-hybridized carbons (Fsp3) is 0. The summed E-state index contributed by atoms with van der Waals surface area (Å²) in [6.45, 7) is 0. The maximum Gasteiger partial charge on any atom is 2.00 e. The summed E-state index contributed by atoms with van der Waals surface area (Å²) in [7, 11) is -4.67. The van der Waals surface area contributed by atoms with Crippen molar-refractivity contribution in [1.82, 2.24) is 0 Å². The van der Waals surface area contributed by atoms with Crippen LogP contribution in [0.25, 0.3) is 0 Å². The van der Waals surface area contributed by atoms with Crippen molar-refractivity contribution in [1.29, 1.82) is 0 Å². The second kappa shape index (κ2) is 6.89. The van der Waals surface area contributed by atoms with Crippen LogP contribution < -0.4 is 0 Å². The molecule has 0 aliphatic heterocycles. The number of hydrogen-bond donors (Lipinski definition) is 2. The molecule has 0 saturated heterocycles. The van der Waals surface area contributed by atoms with E-state index in [9.17, 15) is 0 Å². The molecule has 0 aliphatic carbocycles. The second-order valence-electron chi connectivity index (χ2n) is 0.448. The Balaban J connectivity index is -0.0000000133. The van der Waals surface area contributed by atoms with Crippen LogP contribution in [-0.4, -0.2) is 66.4 Å². The van der Waals surface area contributed by atoms with Gasteiger partial charge in [0.05, 0.1) is 0 Å². The van der Waals surface area contributed by atoms with Crippen LogP contribution in [0.3, 0.4) is 0 Å². The smallest absolute Gasteiger partial charge is 1.00 e. The van der Waals surface area contributed by atoms with Gasteiger partial charge in [-0.1, -0.05) is 0 Å². The minimum absolute atomic E-state index is 0. The van der Waals surface area contributed by atoms with E-state index in [1.807, 2.05) is 0 Å². The van der Waals surface area contributed by atoms with Gasteiger partial charge in [0.1, 0.15) is 0 Å². The molecule has 0 aromatic rings. The first-order valence-corrected chi connectivity index (χ1v) is 2.10. The van der Waals surface area contributed by atoms with Crippen molar-refractivity contribution < 1.29 is 60.8 Å². The Morgan fingerprint density at radius 2 is 1.29 bits per heavy atom. The third-order valence-corrected chi connectivity index (χ3v) is 0. The topological polar surface area (TPSA) is 74.6 Å². The van der Waals surface area contributed by atoms with E-state index in [4.69, 9.17) is 17.5 Å². The van der Waals surface area contributed by atoms with E-state index in [2.05, 4.69) is 0 Å². The van der Waals surface area contributed by atoms with Crippen LogP contribution in [0.4, 0.5) is 0 Å². The summed E-state index contributed by atoms with van der Waals surface area (Å²) in [5.41, 5.74) is 0. The van der Waals surface area contributed by atoms with E-state index in [1.165, 1.54) is 0 Å². The molecule has 0 aromatic carbocycles. The molecule has 0 atom stereocenters. The van der Waals surface area contributed by atoms with Crippen molar-refractivity contribution in [2.24, 2.45) is 0 Å². The van der Waals surface area contributed by atoms with Gasteiger partial charge < -0.3 is 2.85 Å². The van der Waals surface area contributed by atoms with E-state index in [0.29, 0.717) is 0 Å². The van der Waals surface area contributed by atoms with Crippen LogP contribution in [0, 0.1) is 40.4 Å². The zero-order chi connectivity index (χ0) is 4.50. The van der Waals surface area contributed by atoms with Crippen molar-refractivity contribution >= 4 is 59.3 Å². The zero-order valence-corrected chi connectivity index (χ0v) is 11.1. The van der Waals surface area contributed by atoms with Crippen molar-refractivity contribution in [3.8, 4) is 0 Å². The number of rotatable bonds is 0. The molecule has 0 unspecified atom stereocenters. The maximum absolute atomic E-state index is 8.74. The van der Waals surface area contributed by atoms with Gasteiger partial charge in [0.15, 0.2) is 0 Å². The van der Waals surface area contributed by atoms with Crippen molar-refractivity contribution in [3.05, 3.63) is 0 Å². The molecule has 0 fully saturated rings. The molecular weight excluding hydrogens is 384 g/mol. The first kappa shape index (κ1) is 16.4. The van der Waals surface area contributed by atoms with E-state index in [1.54, 1.807) is 0 Å². The molecule has 7 heavy (non-hydrogen) atoms. The van der Waals surface area contributed by atoms with Gasteiger partial charge in [-0.25, -0.2) is 0 Å². The summed E-state index contributed by atoms with van der Waals surface area (Å²) in [4.78, 5) is 0. The minimum Gasteiger partial charge on any atom is -1.00 e. The second-order valence-corrected chi connectivity index (χ2v) is 1.34. The summed E-state index contributed by atoms with van der Waals surface area (Å²) in [6, 6.07) is 0. The molecule has 0 rings (SSSR count). The first-order valence-electron chi connectivity index (χ1n) is 0.698. The van der Waals surface area contributed by atoms with Crippen LogP contribution >= 0.6 is 0 Å². The molecule has 0 aromatic heterocycles. The van der Waals surface area contributed by atoms with Crippen LogP contribution in [-0.2, 0) is 10.4 Å². The summed E-state index contributed by atoms with van der Waals surface area (Å²) >= 11 is 0. The van der Waals surface area contributed by atoms with Crippen molar-refractivity contribution in [3.63, 3.8) is 0 Å². The third-order valence-electron chi connectivity index (χ3n) is 0. The Kier molecular flexibility index (Phi) is 16.1. The van der Waals surface area contributed by atoms with Gasteiger partial charge in [-0.3, -0.25) is 9.11 Å². The monoisotopic (exact) mass is 390 g/mol. The van der Waals surface area contributed by atoms with Crippen LogP contribution in [0.2, 0.25) is 0 Å². The Morgan fingerprint density at radius 3 is 1.29 bits per heavy atom. The number of hydrogen-bond acceptors (Lipinski definition) is 2. The summed E-state index contributed by atoms with van der Waals surface area (Å²) in [5, 5.41) is 0. The molecule has 0 amide bonds. The third kappa shape index (κ3) is 52.2. The van der Waals surface area contributed by atoms with E-state index in [-0.39, 0.29) is 92.1 Å². The fourth-order valence-electron chi connectivity index (χ4n) is 0. The Morgan fingerprint density at radius 1 is 1.29 bits per heavy atom. The normalized spacial score (nSPS) is 8.29. The van der Waals surface area contributed by atoms with Gasteiger partial charge >= 0.3 is 59.3 Å². The van der Waals surface area contributed by atoms with Gasteiger partial charge in [-0.2, -0.15) is 8.42 Å². The molecule has 0 spiro atoms. The van der Waals surface area contributed by atoms with Gasteiger partial charge in [0.2, 0.25) is 0 Å². The Labute approximate surface area is 117 Å². The minimum atomic E-state index is -4.67. The summed E-state index contributed by atoms with van der Waals surface area (Å²) < 4.78 is 31.6. The van der Waals surface area contributed by atoms with E-state index in [0.717, 1.165) is 0 Å². The van der Waals surface area contributed by atoms with Gasteiger partial charge in [0, 0.05) is 40.4 Å².